The molecule has 5 heteroatoms. The average Bonchev–Trinajstić information content (AvgIpc) is 0.811. The van der Waals surface area contributed by atoms with E-state index in [4.69, 9.17) is 13.2 Å². The first kappa shape index (κ1) is 8.94. The predicted octanol–water partition coefficient (Wildman–Crippen LogP) is -0.375. The number of hydrogen-bond donors (Lipinski definition) is 1. The molecule has 0 heterocycles. The van der Waals surface area contributed by atoms with Crippen LogP contribution in [0.2, 0.25) is 0 Å². The largest absolute Gasteiger partial charge is 0.308 e. The van der Waals surface area contributed by atoms with Crippen LogP contribution in [0.5, 0.6) is 0 Å². The van der Waals surface area contributed by atoms with E-state index in [1.807, 2.05) is 0 Å². The molecule has 5 heavy (non-hydrogen) atoms. The second-order valence-corrected chi connectivity index (χ2v) is 0.704. The van der Waals surface area contributed by atoms with Crippen molar-refractivity contribution in [2.24, 2.45) is 0 Å². The molecule has 0 aliphatic carbocycles. The van der Waals surface area contributed by atoms with Crippen LogP contribution in [0.15, 0.2) is 0 Å². The maximum absolute atomic E-state index is 8.67. The molecule has 0 aromatic carbocycles. The van der Waals surface area contributed by atoms with Gasteiger partial charge in [0.2, 0.25) is 0 Å². The van der Waals surface area contributed by atoms with E-state index in [1.54, 1.807) is 0 Å². The van der Waals surface area contributed by atoms with Gasteiger partial charge in [-0.1, -0.05) is 0 Å². The molecule has 0 amide bonds. The first-order chi connectivity index (χ1) is 1.73. The maximum atomic E-state index is 8.67. The van der Waals surface area contributed by atoms with Crippen LogP contribution in [-0.2, 0) is 27.6 Å². The molecule has 3 nitrogen and oxygen atoms in total. The quantitative estimate of drug-likeness (QED) is 0.469. The zero-order valence-electron chi connectivity index (χ0n) is 2.03. The molecule has 0 aliphatic heterocycles. The van der Waals surface area contributed by atoms with E-state index in [1.165, 1.54) is 0 Å². The minimum absolute atomic E-state index is 0. The maximum Gasteiger partial charge on any atom is 0.308 e. The SMILES string of the molecule is N=S(=O)=O.[Cu]. The Bertz CT molecular complexity index is 79.0. The molecule has 0 aromatic rings. The van der Waals surface area contributed by atoms with E-state index in [2.05, 4.69) is 0 Å². The summed E-state index contributed by atoms with van der Waals surface area (Å²) in [4.78, 5) is 0. The van der Waals surface area contributed by atoms with Crippen molar-refractivity contribution in [1.29, 1.82) is 4.78 Å². The second-order valence-electron chi connectivity index (χ2n) is 0.235. The Kier molecular flexibility index (Phi) is 7.40. The molecule has 0 saturated heterocycles. The molecule has 0 spiro atoms. The van der Waals surface area contributed by atoms with Gasteiger partial charge in [0, 0.05) is 17.1 Å². The van der Waals surface area contributed by atoms with Gasteiger partial charge in [-0.25, -0.2) is 0 Å². The van der Waals surface area contributed by atoms with Gasteiger partial charge in [0.05, 0.1) is 0 Å². The normalized spacial score (nSPS) is 4.80. The number of nitrogens with one attached hydrogen (secondary N) is 1. The van der Waals surface area contributed by atoms with Gasteiger partial charge in [-0.05, 0) is 0 Å². The van der Waals surface area contributed by atoms with Crippen LogP contribution in [0.3, 0.4) is 0 Å². The summed E-state index contributed by atoms with van der Waals surface area (Å²) < 4.78 is 22.8. The van der Waals surface area contributed by atoms with E-state index in [9.17, 15) is 0 Å². The summed E-state index contributed by atoms with van der Waals surface area (Å²) in [6, 6.07) is 0. The van der Waals surface area contributed by atoms with Gasteiger partial charge in [-0.2, -0.15) is 13.2 Å². The molecule has 0 unspecified atom stereocenters. The van der Waals surface area contributed by atoms with E-state index >= 15 is 0 Å². The predicted molar refractivity (Wildman–Crippen MR) is 11.6 cm³/mol. The summed E-state index contributed by atoms with van der Waals surface area (Å²) in [5.41, 5.74) is 0. The summed E-state index contributed by atoms with van der Waals surface area (Å²) in [6.45, 7) is 0. The number of rotatable bonds is 0. The van der Waals surface area contributed by atoms with Crippen LogP contribution in [0, 0.1) is 4.78 Å². The standard InChI is InChI=1S/Cu.HNO2S/c;1-4(2)3/h;1H. The molecule has 0 aromatic heterocycles. The third-order valence-corrected chi connectivity index (χ3v) is 0. The van der Waals surface area contributed by atoms with Crippen LogP contribution in [0.25, 0.3) is 0 Å². The molecule has 0 rings (SSSR count). The zero-order valence-corrected chi connectivity index (χ0v) is 3.78. The van der Waals surface area contributed by atoms with E-state index in [0.29, 0.717) is 0 Å². The van der Waals surface area contributed by atoms with Crippen LogP contribution in [-0.4, -0.2) is 8.42 Å². The first-order valence-corrected chi connectivity index (χ1v) is 1.61. The Morgan fingerprint density at radius 1 is 1.40 bits per heavy atom. The van der Waals surface area contributed by atoms with E-state index in [0.717, 1.165) is 0 Å². The Balaban J connectivity index is 0. The molecule has 1 N–H and O–H groups in total. The van der Waals surface area contributed by atoms with Gasteiger partial charge in [0.25, 0.3) is 0 Å². The van der Waals surface area contributed by atoms with E-state index < -0.39 is 10.5 Å². The third kappa shape index (κ3) is 974. The fraction of sp³-hybridized carbons (Fsp3) is 0. The van der Waals surface area contributed by atoms with Crippen molar-refractivity contribution in [1.82, 2.24) is 0 Å². The van der Waals surface area contributed by atoms with Crippen molar-refractivity contribution in [2.45, 2.75) is 0 Å². The van der Waals surface area contributed by atoms with Gasteiger partial charge < -0.3 is 0 Å². The van der Waals surface area contributed by atoms with Gasteiger partial charge in [0.15, 0.2) is 0 Å². The molecule has 0 saturated carbocycles. The first-order valence-electron chi connectivity index (χ1n) is 0.537. The van der Waals surface area contributed by atoms with Gasteiger partial charge in [-0.3, -0.25) is 0 Å². The van der Waals surface area contributed by atoms with Crippen molar-refractivity contribution in [2.75, 3.05) is 0 Å². The van der Waals surface area contributed by atoms with E-state index in [-0.39, 0.29) is 17.1 Å². The minimum Gasteiger partial charge on any atom is -0.188 e. The molecular formula is HCuNO2S. The van der Waals surface area contributed by atoms with Crippen molar-refractivity contribution < 1.29 is 25.5 Å². The fourth-order valence-corrected chi connectivity index (χ4v) is 0. The third-order valence-electron chi connectivity index (χ3n) is 0. The Labute approximate surface area is 41.4 Å². The van der Waals surface area contributed by atoms with Gasteiger partial charge >= 0.3 is 10.5 Å². The molecule has 1 radical (unpaired) electrons. The second kappa shape index (κ2) is 4.14. The van der Waals surface area contributed by atoms with Crippen molar-refractivity contribution in [3.63, 3.8) is 0 Å². The topological polar surface area (TPSA) is 58.0 Å². The summed E-state index contributed by atoms with van der Waals surface area (Å²) in [7, 11) is -2.61. The minimum atomic E-state index is -2.61. The van der Waals surface area contributed by atoms with Crippen LogP contribution in [0.1, 0.15) is 0 Å². The molecule has 0 atom stereocenters. The molecule has 0 bridgehead atoms. The Morgan fingerprint density at radius 3 is 1.40 bits per heavy atom. The zero-order chi connectivity index (χ0) is 3.58. The smallest absolute Gasteiger partial charge is 0.188 e. The molecular weight excluding hydrogens is 142 g/mol. The van der Waals surface area contributed by atoms with Crippen LogP contribution >= 0.6 is 0 Å². The Morgan fingerprint density at radius 2 is 1.40 bits per heavy atom. The van der Waals surface area contributed by atoms with Gasteiger partial charge in [-0.15, -0.1) is 0 Å². The Hall–Kier alpha value is 0.139. The fourth-order valence-electron chi connectivity index (χ4n) is 0. The molecule has 0 aliphatic rings. The van der Waals surface area contributed by atoms with Crippen molar-refractivity contribution in [3.05, 3.63) is 0 Å². The van der Waals surface area contributed by atoms with Crippen LogP contribution in [0.4, 0.5) is 0 Å². The average molecular weight is 143 g/mol. The molecule has 0 fully saturated rings. The van der Waals surface area contributed by atoms with Crippen LogP contribution < -0.4 is 0 Å². The summed E-state index contributed by atoms with van der Waals surface area (Å²) in [5.74, 6) is 0. The summed E-state index contributed by atoms with van der Waals surface area (Å²) in [6.07, 6.45) is 0. The summed E-state index contributed by atoms with van der Waals surface area (Å²) >= 11 is 0. The van der Waals surface area contributed by atoms with Crippen molar-refractivity contribution >= 4 is 10.5 Å². The summed E-state index contributed by atoms with van der Waals surface area (Å²) in [5, 5.41) is 0. The molecule has 35 valence electrons. The van der Waals surface area contributed by atoms with Gasteiger partial charge in [0.1, 0.15) is 0 Å². The van der Waals surface area contributed by atoms with Crippen molar-refractivity contribution in [3.8, 4) is 0 Å². The number of hydrogen-bond acceptors (Lipinski definition) is 3. The monoisotopic (exact) mass is 142 g/mol.